The number of anilines is 1. The van der Waals surface area contributed by atoms with Gasteiger partial charge in [0.2, 0.25) is 5.91 Å². The molecule has 5 nitrogen and oxygen atoms in total. The summed E-state index contributed by atoms with van der Waals surface area (Å²) in [5, 5.41) is 0. The Morgan fingerprint density at radius 1 is 1.17 bits per heavy atom. The molecule has 0 N–H and O–H groups in total. The van der Waals surface area contributed by atoms with Crippen LogP contribution in [0.5, 0.6) is 0 Å². The van der Waals surface area contributed by atoms with Crippen LogP contribution in [-0.2, 0) is 4.79 Å². The second-order valence-corrected chi connectivity index (χ2v) is 8.43. The summed E-state index contributed by atoms with van der Waals surface area (Å²) in [5.41, 5.74) is 5.93. The predicted octanol–water partition coefficient (Wildman–Crippen LogP) is 3.95. The van der Waals surface area contributed by atoms with Crippen LogP contribution >= 0.6 is 0 Å². The topological polar surface area (TPSA) is 48.8 Å². The van der Waals surface area contributed by atoms with Crippen LogP contribution in [0.15, 0.2) is 59.4 Å². The minimum atomic E-state index is 0.294. The highest BCUT2D eigenvalue weighted by atomic mass is 16.2. The summed E-state index contributed by atoms with van der Waals surface area (Å²) in [4.78, 5) is 25.7. The molecule has 0 spiro atoms. The molecule has 5 rings (SSSR count). The molecule has 0 aliphatic carbocycles. The molecule has 3 aliphatic rings. The Morgan fingerprint density at radius 2 is 2.03 bits per heavy atom. The maximum absolute atomic E-state index is 12.1. The first-order valence-electron chi connectivity index (χ1n) is 11.0. The molecule has 4 heterocycles. The normalized spacial score (nSPS) is 24.4. The SMILES string of the molecule is CCC(=O)N1C[C@@H]2C[C@H]1CN2c1ccc(C=C2CCCN=C2c2cccnc2)cc1. The second-order valence-electron chi connectivity index (χ2n) is 8.43. The minimum Gasteiger partial charge on any atom is -0.365 e. The van der Waals surface area contributed by atoms with E-state index in [0.29, 0.717) is 24.4 Å². The number of aliphatic imine (C=N–C) groups is 1. The molecule has 0 radical (unpaired) electrons. The summed E-state index contributed by atoms with van der Waals surface area (Å²) in [7, 11) is 0. The molecule has 2 aromatic rings. The van der Waals surface area contributed by atoms with Crippen molar-refractivity contribution in [2.45, 2.75) is 44.7 Å². The molecule has 2 fully saturated rings. The summed E-state index contributed by atoms with van der Waals surface area (Å²) in [6.07, 6.45) is 9.82. The molecular weight excluding hydrogens is 372 g/mol. The molecule has 1 amide bonds. The molecule has 2 bridgehead atoms. The maximum Gasteiger partial charge on any atom is 0.222 e. The number of likely N-dealkylation sites (tertiary alicyclic amines) is 1. The zero-order valence-electron chi connectivity index (χ0n) is 17.5. The zero-order valence-corrected chi connectivity index (χ0v) is 17.5. The lowest BCUT2D eigenvalue weighted by atomic mass is 9.95. The lowest BCUT2D eigenvalue weighted by molar-refractivity contribution is -0.131. The van der Waals surface area contributed by atoms with Crippen LogP contribution in [0, 0.1) is 0 Å². The number of pyridine rings is 1. The van der Waals surface area contributed by atoms with Gasteiger partial charge in [0, 0.05) is 55.7 Å². The Bertz CT molecular complexity index is 980. The third-order valence-corrected chi connectivity index (χ3v) is 6.54. The largest absolute Gasteiger partial charge is 0.365 e. The lowest BCUT2D eigenvalue weighted by Crippen LogP contribution is -2.48. The molecule has 1 aromatic carbocycles. The molecule has 2 saturated heterocycles. The molecule has 154 valence electrons. The van der Waals surface area contributed by atoms with Crippen LogP contribution in [0.25, 0.3) is 6.08 Å². The number of piperazine rings is 1. The van der Waals surface area contributed by atoms with Gasteiger partial charge in [-0.15, -0.1) is 0 Å². The summed E-state index contributed by atoms with van der Waals surface area (Å²) in [5.74, 6) is 0.294. The number of carbonyl (C=O) groups excluding carboxylic acids is 1. The fourth-order valence-corrected chi connectivity index (χ4v) is 5.06. The van der Waals surface area contributed by atoms with Gasteiger partial charge < -0.3 is 9.80 Å². The first-order chi connectivity index (χ1) is 14.7. The van der Waals surface area contributed by atoms with Crippen molar-refractivity contribution in [3.63, 3.8) is 0 Å². The number of aromatic nitrogens is 1. The van der Waals surface area contributed by atoms with Gasteiger partial charge in [-0.1, -0.05) is 19.1 Å². The lowest BCUT2D eigenvalue weighted by Gasteiger charge is -2.35. The zero-order chi connectivity index (χ0) is 20.5. The molecule has 0 unspecified atom stereocenters. The smallest absolute Gasteiger partial charge is 0.222 e. The molecule has 3 aliphatic heterocycles. The fourth-order valence-electron chi connectivity index (χ4n) is 5.06. The Balaban J connectivity index is 1.32. The first kappa shape index (κ1) is 19.0. The van der Waals surface area contributed by atoms with E-state index in [1.54, 1.807) is 6.20 Å². The molecule has 2 atom stereocenters. The standard InChI is InChI=1S/C25H28N4O/c1-2-24(30)29-17-22-14-23(29)16-28(22)21-9-7-18(8-10-21)13-19-5-4-12-27-25(19)20-6-3-11-26-15-20/h3,6-11,13,15,22-23H,2,4-5,12,14,16-17H2,1H3/t22-,23-/m0/s1. The number of benzene rings is 1. The number of hydrogen-bond acceptors (Lipinski definition) is 4. The van der Waals surface area contributed by atoms with Crippen LogP contribution in [0.3, 0.4) is 0 Å². The van der Waals surface area contributed by atoms with Crippen molar-refractivity contribution >= 4 is 23.4 Å². The van der Waals surface area contributed by atoms with Crippen molar-refractivity contribution in [1.82, 2.24) is 9.88 Å². The molecule has 30 heavy (non-hydrogen) atoms. The number of nitrogens with zero attached hydrogens (tertiary/aromatic N) is 4. The Hall–Kier alpha value is -2.95. The van der Waals surface area contributed by atoms with Crippen molar-refractivity contribution in [3.8, 4) is 0 Å². The van der Waals surface area contributed by atoms with E-state index in [1.165, 1.54) is 16.8 Å². The number of hydrogen-bond donors (Lipinski definition) is 0. The third kappa shape index (κ3) is 3.53. The van der Waals surface area contributed by atoms with E-state index in [2.05, 4.69) is 51.2 Å². The van der Waals surface area contributed by atoms with Gasteiger partial charge in [-0.25, -0.2) is 0 Å². The van der Waals surface area contributed by atoms with Crippen molar-refractivity contribution in [1.29, 1.82) is 0 Å². The second kappa shape index (κ2) is 8.05. The Kier molecular flexibility index (Phi) is 5.11. The van der Waals surface area contributed by atoms with Gasteiger partial charge in [-0.2, -0.15) is 0 Å². The van der Waals surface area contributed by atoms with Gasteiger partial charge >= 0.3 is 0 Å². The molecule has 5 heteroatoms. The number of fused-ring (bicyclic) bond motifs is 2. The van der Waals surface area contributed by atoms with E-state index in [0.717, 1.165) is 50.2 Å². The Morgan fingerprint density at radius 3 is 2.73 bits per heavy atom. The van der Waals surface area contributed by atoms with Crippen LogP contribution in [-0.4, -0.2) is 53.2 Å². The van der Waals surface area contributed by atoms with E-state index in [4.69, 9.17) is 4.99 Å². The minimum absolute atomic E-state index is 0.294. The summed E-state index contributed by atoms with van der Waals surface area (Å²) >= 11 is 0. The van der Waals surface area contributed by atoms with Crippen molar-refractivity contribution < 1.29 is 4.79 Å². The molecule has 1 aromatic heterocycles. The highest BCUT2D eigenvalue weighted by Gasteiger charge is 2.44. The van der Waals surface area contributed by atoms with Crippen molar-refractivity contribution in [2.75, 3.05) is 24.5 Å². The van der Waals surface area contributed by atoms with E-state index >= 15 is 0 Å². The van der Waals surface area contributed by atoms with E-state index in [1.807, 2.05) is 19.2 Å². The van der Waals surface area contributed by atoms with Gasteiger partial charge in [-0.3, -0.25) is 14.8 Å². The van der Waals surface area contributed by atoms with Gasteiger partial charge in [0.15, 0.2) is 0 Å². The van der Waals surface area contributed by atoms with Gasteiger partial charge in [0.1, 0.15) is 0 Å². The van der Waals surface area contributed by atoms with Crippen LogP contribution in [0.4, 0.5) is 5.69 Å². The van der Waals surface area contributed by atoms with Gasteiger partial charge in [0.05, 0.1) is 11.8 Å². The van der Waals surface area contributed by atoms with Gasteiger partial charge in [-0.05, 0) is 60.7 Å². The number of carbonyl (C=O) groups is 1. The maximum atomic E-state index is 12.1. The highest BCUT2D eigenvalue weighted by Crippen LogP contribution is 2.35. The van der Waals surface area contributed by atoms with E-state index < -0.39 is 0 Å². The first-order valence-corrected chi connectivity index (χ1v) is 11.0. The number of rotatable bonds is 4. The molecular formula is C25H28N4O. The van der Waals surface area contributed by atoms with Gasteiger partial charge in [0.25, 0.3) is 0 Å². The molecule has 0 saturated carbocycles. The van der Waals surface area contributed by atoms with Crippen molar-refractivity contribution in [3.05, 3.63) is 65.5 Å². The van der Waals surface area contributed by atoms with E-state index in [9.17, 15) is 4.79 Å². The van der Waals surface area contributed by atoms with Crippen LogP contribution in [0.1, 0.15) is 43.7 Å². The van der Waals surface area contributed by atoms with Crippen LogP contribution in [0.2, 0.25) is 0 Å². The average molecular weight is 401 g/mol. The predicted molar refractivity (Wildman–Crippen MR) is 121 cm³/mol. The third-order valence-electron chi connectivity index (χ3n) is 6.54. The summed E-state index contributed by atoms with van der Waals surface area (Å²) in [6, 6.07) is 13.8. The fraction of sp³-hybridized carbons (Fsp3) is 0.400. The quantitative estimate of drug-likeness (QED) is 0.781. The average Bonchev–Trinajstić information content (AvgIpc) is 3.41. The summed E-state index contributed by atoms with van der Waals surface area (Å²) in [6.45, 7) is 4.66. The van der Waals surface area contributed by atoms with E-state index in [-0.39, 0.29) is 0 Å². The monoisotopic (exact) mass is 400 g/mol. The van der Waals surface area contributed by atoms with Crippen LogP contribution < -0.4 is 4.90 Å². The Labute approximate surface area is 178 Å². The highest BCUT2D eigenvalue weighted by molar-refractivity contribution is 6.15. The number of amides is 1. The summed E-state index contributed by atoms with van der Waals surface area (Å²) < 4.78 is 0. The van der Waals surface area contributed by atoms with Crippen molar-refractivity contribution in [2.24, 2.45) is 4.99 Å². The number of allylic oxidation sites excluding steroid dienone is 1.